The fraction of sp³-hybridized carbons (Fsp3) is 0.250. The Morgan fingerprint density at radius 2 is 1.55 bits per heavy atom. The van der Waals surface area contributed by atoms with E-state index in [2.05, 4.69) is 0 Å². The quantitative estimate of drug-likeness (QED) is 0.605. The van der Waals surface area contributed by atoms with E-state index in [0.717, 1.165) is 5.56 Å². The van der Waals surface area contributed by atoms with Gasteiger partial charge in [-0.25, -0.2) is 0 Å². The van der Waals surface area contributed by atoms with Crippen molar-refractivity contribution in [2.45, 2.75) is 12.3 Å². The fourth-order valence-electron chi connectivity index (χ4n) is 0.805. The monoisotopic (exact) mass is 208 g/mol. The molecule has 0 aliphatic heterocycles. The fourth-order valence-corrected chi connectivity index (χ4v) is 1.47. The summed E-state index contributed by atoms with van der Waals surface area (Å²) in [5.74, 6) is 0. The smallest absolute Gasteiger partial charge is 0.0558 e. The van der Waals surface area contributed by atoms with Gasteiger partial charge in [0.15, 0.2) is 0 Å². The van der Waals surface area contributed by atoms with Crippen LogP contribution in [-0.4, -0.2) is 0 Å². The molecular weight excluding hydrogens is 202 g/mol. The molecule has 0 spiro atoms. The molecule has 0 aliphatic carbocycles. The highest BCUT2D eigenvalue weighted by Crippen LogP contribution is 2.26. The van der Waals surface area contributed by atoms with Crippen LogP contribution in [0.4, 0.5) is 0 Å². The molecule has 1 aromatic carbocycles. The Hall–Kier alpha value is 0.0900. The molecule has 0 heterocycles. The third-order valence-corrected chi connectivity index (χ3v) is 2.03. The Labute approximate surface area is 81.1 Å². The van der Waals surface area contributed by atoms with Crippen molar-refractivity contribution in [2.24, 2.45) is 0 Å². The summed E-state index contributed by atoms with van der Waals surface area (Å²) in [7, 11) is 0. The topological polar surface area (TPSA) is 0 Å². The number of hydrogen-bond acceptors (Lipinski definition) is 0. The first kappa shape index (κ1) is 9.18. The molecule has 0 saturated heterocycles. The van der Waals surface area contributed by atoms with E-state index in [0.29, 0.717) is 10.0 Å². The van der Waals surface area contributed by atoms with Crippen molar-refractivity contribution >= 4 is 34.8 Å². The summed E-state index contributed by atoms with van der Waals surface area (Å²) >= 11 is 17.3. The SMILES string of the molecule is C[C@@H](Cl)c1cc(Cl)cc(Cl)c1. The van der Waals surface area contributed by atoms with Crippen LogP contribution in [0.5, 0.6) is 0 Å². The number of benzene rings is 1. The lowest BCUT2D eigenvalue weighted by molar-refractivity contribution is 1.08. The maximum atomic E-state index is 5.83. The van der Waals surface area contributed by atoms with E-state index in [4.69, 9.17) is 34.8 Å². The summed E-state index contributed by atoms with van der Waals surface area (Å²) in [6, 6.07) is 5.31. The van der Waals surface area contributed by atoms with Crippen LogP contribution in [0.15, 0.2) is 18.2 Å². The molecule has 1 rings (SSSR count). The molecule has 3 heteroatoms. The van der Waals surface area contributed by atoms with Crippen LogP contribution < -0.4 is 0 Å². The highest BCUT2D eigenvalue weighted by atomic mass is 35.5. The molecule has 0 radical (unpaired) electrons. The Balaban J connectivity index is 3.08. The molecule has 11 heavy (non-hydrogen) atoms. The van der Waals surface area contributed by atoms with Gasteiger partial charge in [0.2, 0.25) is 0 Å². The minimum absolute atomic E-state index is 0.0498. The van der Waals surface area contributed by atoms with Gasteiger partial charge in [-0.3, -0.25) is 0 Å². The number of hydrogen-bond donors (Lipinski definition) is 0. The summed E-state index contributed by atoms with van der Waals surface area (Å²) in [5, 5.41) is 1.20. The van der Waals surface area contributed by atoms with Gasteiger partial charge in [0.25, 0.3) is 0 Å². The molecule has 1 aromatic rings. The molecule has 0 aliphatic rings. The second-order valence-electron chi connectivity index (χ2n) is 2.32. The van der Waals surface area contributed by atoms with Crippen molar-refractivity contribution in [2.75, 3.05) is 0 Å². The van der Waals surface area contributed by atoms with E-state index >= 15 is 0 Å². The van der Waals surface area contributed by atoms with Gasteiger partial charge < -0.3 is 0 Å². The van der Waals surface area contributed by atoms with Gasteiger partial charge >= 0.3 is 0 Å². The van der Waals surface area contributed by atoms with Gasteiger partial charge in [0.1, 0.15) is 0 Å². The average Bonchev–Trinajstić information content (AvgIpc) is 1.85. The van der Waals surface area contributed by atoms with Gasteiger partial charge in [-0.1, -0.05) is 23.2 Å². The zero-order valence-corrected chi connectivity index (χ0v) is 8.21. The molecule has 0 nitrogen and oxygen atoms in total. The summed E-state index contributed by atoms with van der Waals surface area (Å²) in [6.45, 7) is 1.88. The lowest BCUT2D eigenvalue weighted by Gasteiger charge is -2.03. The molecule has 0 N–H and O–H groups in total. The predicted molar refractivity (Wildman–Crippen MR) is 50.7 cm³/mol. The molecule has 0 fully saturated rings. The van der Waals surface area contributed by atoms with E-state index in [1.807, 2.05) is 19.1 Å². The maximum absolute atomic E-state index is 5.83. The van der Waals surface area contributed by atoms with Crippen molar-refractivity contribution in [3.05, 3.63) is 33.8 Å². The van der Waals surface area contributed by atoms with E-state index < -0.39 is 0 Å². The lowest BCUT2D eigenvalue weighted by atomic mass is 10.2. The summed E-state index contributed by atoms with van der Waals surface area (Å²) in [6.07, 6.45) is 0. The molecule has 0 amide bonds. The van der Waals surface area contributed by atoms with Crippen LogP contribution >= 0.6 is 34.8 Å². The van der Waals surface area contributed by atoms with Crippen LogP contribution in [-0.2, 0) is 0 Å². The van der Waals surface area contributed by atoms with Crippen LogP contribution in [0.25, 0.3) is 0 Å². The van der Waals surface area contributed by atoms with Crippen molar-refractivity contribution < 1.29 is 0 Å². The van der Waals surface area contributed by atoms with Crippen LogP contribution in [0, 0.1) is 0 Å². The largest absolute Gasteiger partial charge is 0.118 e. The van der Waals surface area contributed by atoms with Crippen molar-refractivity contribution in [3.8, 4) is 0 Å². The molecule has 0 saturated carbocycles. The van der Waals surface area contributed by atoms with E-state index in [1.54, 1.807) is 6.07 Å². The molecular formula is C8H7Cl3. The van der Waals surface area contributed by atoms with Crippen LogP contribution in [0.1, 0.15) is 17.9 Å². The number of alkyl halides is 1. The van der Waals surface area contributed by atoms with E-state index in [-0.39, 0.29) is 5.38 Å². The predicted octanol–water partition coefficient (Wildman–Crippen LogP) is 4.29. The van der Waals surface area contributed by atoms with Crippen LogP contribution in [0.3, 0.4) is 0 Å². The molecule has 60 valence electrons. The third-order valence-electron chi connectivity index (χ3n) is 1.34. The van der Waals surface area contributed by atoms with E-state index in [9.17, 15) is 0 Å². The Bertz CT molecular complexity index is 235. The van der Waals surface area contributed by atoms with Crippen molar-refractivity contribution in [1.82, 2.24) is 0 Å². The maximum Gasteiger partial charge on any atom is 0.0558 e. The van der Waals surface area contributed by atoms with Crippen LogP contribution in [0.2, 0.25) is 10.0 Å². The van der Waals surface area contributed by atoms with Gasteiger partial charge in [0.05, 0.1) is 5.38 Å². The minimum atomic E-state index is -0.0498. The first-order chi connectivity index (χ1) is 5.09. The average molecular weight is 210 g/mol. The highest BCUT2D eigenvalue weighted by Gasteiger charge is 2.02. The standard InChI is InChI=1S/C8H7Cl3/c1-5(9)6-2-7(10)4-8(11)3-6/h2-5H,1H3/t5-/m1/s1. The molecule has 1 atom stereocenters. The van der Waals surface area contributed by atoms with Crippen molar-refractivity contribution in [1.29, 1.82) is 0 Å². The Kier molecular flexibility index (Phi) is 3.06. The van der Waals surface area contributed by atoms with E-state index in [1.165, 1.54) is 0 Å². The second kappa shape index (κ2) is 3.66. The number of halogens is 3. The highest BCUT2D eigenvalue weighted by molar-refractivity contribution is 6.34. The Morgan fingerprint density at radius 1 is 1.09 bits per heavy atom. The van der Waals surface area contributed by atoms with Gasteiger partial charge in [-0.2, -0.15) is 0 Å². The zero-order valence-electron chi connectivity index (χ0n) is 5.94. The first-order valence-corrected chi connectivity index (χ1v) is 4.39. The molecule has 0 unspecified atom stereocenters. The van der Waals surface area contributed by atoms with Gasteiger partial charge in [-0.15, -0.1) is 11.6 Å². The first-order valence-electron chi connectivity index (χ1n) is 3.19. The minimum Gasteiger partial charge on any atom is -0.118 e. The summed E-state index contributed by atoms with van der Waals surface area (Å²) < 4.78 is 0. The Morgan fingerprint density at radius 3 is 1.91 bits per heavy atom. The van der Waals surface area contributed by atoms with Gasteiger partial charge in [0, 0.05) is 10.0 Å². The normalized spacial score (nSPS) is 13.1. The lowest BCUT2D eigenvalue weighted by Crippen LogP contribution is -1.83. The zero-order chi connectivity index (χ0) is 8.43. The number of rotatable bonds is 1. The van der Waals surface area contributed by atoms with Crippen molar-refractivity contribution in [3.63, 3.8) is 0 Å². The third kappa shape index (κ3) is 2.55. The summed E-state index contributed by atoms with van der Waals surface area (Å²) in [4.78, 5) is 0. The molecule has 0 aromatic heterocycles. The summed E-state index contributed by atoms with van der Waals surface area (Å²) in [5.41, 5.74) is 0.948. The van der Waals surface area contributed by atoms with Gasteiger partial charge in [-0.05, 0) is 30.7 Å². The molecule has 0 bridgehead atoms. The second-order valence-corrected chi connectivity index (χ2v) is 3.85.